The average molecular weight is 597 g/mol. The fourth-order valence-electron chi connectivity index (χ4n) is 7.52. The number of likely N-dealkylation sites (N-methyl/N-ethyl adjacent to an activating group) is 1. The molecule has 1 saturated carbocycles. The second-order valence-electron chi connectivity index (χ2n) is 12.8. The smallest absolute Gasteiger partial charge is 0.350 e. The minimum absolute atomic E-state index is 0.0511. The number of nitrogens with one attached hydrogen (secondary N) is 1. The lowest BCUT2D eigenvalue weighted by atomic mass is 9.58. The highest BCUT2D eigenvalue weighted by molar-refractivity contribution is 5.93. The maximum Gasteiger partial charge on any atom is 0.416 e. The molecule has 6 aliphatic rings. The molecule has 42 heavy (non-hydrogen) atoms. The van der Waals surface area contributed by atoms with Crippen LogP contribution in [0.25, 0.3) is 0 Å². The first kappa shape index (κ1) is 30.1. The van der Waals surface area contributed by atoms with Crippen molar-refractivity contribution in [2.24, 2.45) is 28.7 Å². The molecule has 8 atom stereocenters. The van der Waals surface area contributed by atoms with Crippen LogP contribution in [0.2, 0.25) is 0 Å². The normalized spacial score (nSPS) is 39.1. The number of fused-ring (bicyclic) bond motifs is 2. The molecule has 9 nitrogen and oxygen atoms in total. The molecule has 5 heterocycles. The minimum Gasteiger partial charge on any atom is -0.350 e. The Morgan fingerprint density at radius 2 is 1.88 bits per heavy atom. The van der Waals surface area contributed by atoms with Crippen LogP contribution in [0.5, 0.6) is 0 Å². The van der Waals surface area contributed by atoms with E-state index < -0.39 is 35.7 Å². The standard InChI is InChI=1S/C30H43F3N4O5/c1-19-8-9-24-20(2)25(39-26-29(24)23(19)10-11-28(3,40-26)41-42-29)38-17-12-34-27(37-15-13-36(4)14-16-37)35-22-7-5-6-21(18-22)30(31,32)33/h5-7,18-20,23-26H,8-17H2,1-4H3,(H,34,35)/t19-,20-,23+,24+,25+,26-,28+,29?/m1/s1. The maximum absolute atomic E-state index is 13.3. The van der Waals surface area contributed by atoms with Crippen LogP contribution in [-0.4, -0.2) is 86.1 Å². The molecule has 2 bridgehead atoms. The number of aliphatic imine (C=N–C) groups is 1. The molecule has 12 heteroatoms. The van der Waals surface area contributed by atoms with Crippen molar-refractivity contribution in [2.75, 3.05) is 51.7 Å². The monoisotopic (exact) mass is 596 g/mol. The summed E-state index contributed by atoms with van der Waals surface area (Å²) in [6.07, 6.45) is -1.68. The number of guanidine groups is 1. The first-order valence-corrected chi connectivity index (χ1v) is 15.2. The van der Waals surface area contributed by atoms with Crippen molar-refractivity contribution in [3.8, 4) is 0 Å². The predicted octanol–water partition coefficient (Wildman–Crippen LogP) is 4.95. The molecule has 1 aliphatic carbocycles. The van der Waals surface area contributed by atoms with Gasteiger partial charge in [0, 0.05) is 50.1 Å². The van der Waals surface area contributed by atoms with E-state index in [9.17, 15) is 13.2 Å². The topological polar surface area (TPSA) is 77.0 Å². The number of nitrogens with zero attached hydrogens (tertiary/aromatic N) is 3. The van der Waals surface area contributed by atoms with E-state index in [0.717, 1.165) is 50.9 Å². The van der Waals surface area contributed by atoms with Gasteiger partial charge in [-0.15, -0.1) is 0 Å². The Hall–Kier alpha value is -1.96. The van der Waals surface area contributed by atoms with E-state index in [4.69, 9.17) is 29.0 Å². The fraction of sp³-hybridized carbons (Fsp3) is 0.767. The van der Waals surface area contributed by atoms with Gasteiger partial charge in [0.25, 0.3) is 0 Å². The van der Waals surface area contributed by atoms with Gasteiger partial charge in [0.1, 0.15) is 0 Å². The molecule has 5 aliphatic heterocycles. The lowest BCUT2D eigenvalue weighted by Crippen LogP contribution is -2.70. The molecule has 234 valence electrons. The van der Waals surface area contributed by atoms with Crippen molar-refractivity contribution in [1.29, 1.82) is 0 Å². The molecule has 0 radical (unpaired) electrons. The molecule has 0 amide bonds. The molecule has 1 spiro atoms. The Balaban J connectivity index is 1.15. The highest BCUT2D eigenvalue weighted by atomic mass is 19.4. The van der Waals surface area contributed by atoms with E-state index in [1.165, 1.54) is 6.07 Å². The van der Waals surface area contributed by atoms with E-state index in [-0.39, 0.29) is 24.4 Å². The number of ether oxygens (including phenoxy) is 3. The maximum atomic E-state index is 13.3. The van der Waals surface area contributed by atoms with Crippen LogP contribution < -0.4 is 5.32 Å². The minimum atomic E-state index is -4.42. The van der Waals surface area contributed by atoms with Crippen molar-refractivity contribution < 1.29 is 37.2 Å². The molecule has 1 aromatic carbocycles. The summed E-state index contributed by atoms with van der Waals surface area (Å²) in [4.78, 5) is 21.1. The Bertz CT molecular complexity index is 1150. The summed E-state index contributed by atoms with van der Waals surface area (Å²) >= 11 is 0. The summed E-state index contributed by atoms with van der Waals surface area (Å²) in [7, 11) is 2.05. The number of alkyl halides is 3. The number of anilines is 1. The van der Waals surface area contributed by atoms with Crippen LogP contribution in [-0.2, 0) is 30.2 Å². The van der Waals surface area contributed by atoms with E-state index in [1.807, 2.05) is 14.0 Å². The Kier molecular flexibility index (Phi) is 8.25. The van der Waals surface area contributed by atoms with Gasteiger partial charge in [-0.3, -0.25) is 4.99 Å². The van der Waals surface area contributed by atoms with Gasteiger partial charge in [-0.25, -0.2) is 9.78 Å². The van der Waals surface area contributed by atoms with Crippen LogP contribution in [0, 0.1) is 23.7 Å². The lowest BCUT2D eigenvalue weighted by Gasteiger charge is -2.60. The number of piperazine rings is 1. The fourth-order valence-corrected chi connectivity index (χ4v) is 7.52. The molecule has 5 saturated heterocycles. The van der Waals surface area contributed by atoms with Gasteiger partial charge in [-0.1, -0.05) is 19.9 Å². The third-order valence-electron chi connectivity index (χ3n) is 9.98. The molecular weight excluding hydrogens is 553 g/mol. The zero-order valence-electron chi connectivity index (χ0n) is 24.9. The van der Waals surface area contributed by atoms with Crippen molar-refractivity contribution in [3.63, 3.8) is 0 Å². The summed E-state index contributed by atoms with van der Waals surface area (Å²) in [5.74, 6) is 0.671. The van der Waals surface area contributed by atoms with Crippen molar-refractivity contribution in [2.45, 2.75) is 76.6 Å². The lowest BCUT2D eigenvalue weighted by molar-refractivity contribution is -0.577. The van der Waals surface area contributed by atoms with Crippen LogP contribution in [0.3, 0.4) is 0 Å². The van der Waals surface area contributed by atoms with Crippen LogP contribution in [0.1, 0.15) is 52.0 Å². The zero-order chi connectivity index (χ0) is 29.7. The van der Waals surface area contributed by atoms with Crippen LogP contribution in [0.15, 0.2) is 29.3 Å². The first-order chi connectivity index (χ1) is 20.0. The van der Waals surface area contributed by atoms with Gasteiger partial charge >= 0.3 is 6.18 Å². The van der Waals surface area contributed by atoms with Crippen molar-refractivity contribution in [3.05, 3.63) is 29.8 Å². The quantitative estimate of drug-likeness (QED) is 0.222. The summed E-state index contributed by atoms with van der Waals surface area (Å²) in [5.41, 5.74) is -1.00. The number of benzene rings is 1. The van der Waals surface area contributed by atoms with Crippen LogP contribution >= 0.6 is 0 Å². The Labute approximate surface area is 245 Å². The van der Waals surface area contributed by atoms with Crippen molar-refractivity contribution >= 4 is 11.6 Å². The molecule has 1 unspecified atom stereocenters. The number of hydrogen-bond donors (Lipinski definition) is 1. The average Bonchev–Trinajstić information content (AvgIpc) is 3.19. The zero-order valence-corrected chi connectivity index (χ0v) is 24.9. The van der Waals surface area contributed by atoms with Gasteiger partial charge in [0.2, 0.25) is 5.79 Å². The van der Waals surface area contributed by atoms with Gasteiger partial charge < -0.3 is 29.3 Å². The van der Waals surface area contributed by atoms with Crippen molar-refractivity contribution in [1.82, 2.24) is 9.80 Å². The third-order valence-corrected chi connectivity index (χ3v) is 9.98. The second-order valence-corrected chi connectivity index (χ2v) is 12.8. The van der Waals surface area contributed by atoms with Crippen LogP contribution in [0.4, 0.5) is 18.9 Å². The molecule has 7 rings (SSSR count). The van der Waals surface area contributed by atoms with E-state index in [0.29, 0.717) is 37.2 Å². The van der Waals surface area contributed by atoms with E-state index in [1.54, 1.807) is 6.07 Å². The Morgan fingerprint density at radius 1 is 1.10 bits per heavy atom. The van der Waals surface area contributed by atoms with Gasteiger partial charge in [0.05, 0.1) is 18.7 Å². The Morgan fingerprint density at radius 3 is 2.64 bits per heavy atom. The summed E-state index contributed by atoms with van der Waals surface area (Å²) in [6, 6.07) is 5.20. The molecule has 1 aromatic rings. The summed E-state index contributed by atoms with van der Waals surface area (Å²) in [5, 5.41) is 3.14. The van der Waals surface area contributed by atoms with E-state index >= 15 is 0 Å². The third kappa shape index (κ3) is 5.66. The van der Waals surface area contributed by atoms with Gasteiger partial charge in [-0.05, 0) is 63.3 Å². The van der Waals surface area contributed by atoms with Gasteiger partial charge in [0.15, 0.2) is 24.1 Å². The number of halogens is 3. The summed E-state index contributed by atoms with van der Waals surface area (Å²) < 4.78 is 59.2. The van der Waals surface area contributed by atoms with Gasteiger partial charge in [-0.2, -0.15) is 13.2 Å². The molecular formula is C30H43F3N4O5. The first-order valence-electron chi connectivity index (χ1n) is 15.2. The predicted molar refractivity (Wildman–Crippen MR) is 149 cm³/mol. The number of rotatable bonds is 5. The number of hydrogen-bond acceptors (Lipinski definition) is 7. The largest absolute Gasteiger partial charge is 0.416 e. The second kappa shape index (κ2) is 11.5. The molecule has 6 fully saturated rings. The molecule has 1 N–H and O–H groups in total. The molecule has 0 aromatic heterocycles. The SMILES string of the molecule is C[C@H]1[C@@H](OCCN=C(Nc2cccc(C(F)(F)F)c2)N2CCN(C)CC2)O[C@@H]2O[C@]3(C)CC[C@H]4[C@H](C)CC[C@@H]1C24OO3. The van der Waals surface area contributed by atoms with E-state index in [2.05, 4.69) is 29.0 Å². The highest BCUT2D eigenvalue weighted by Crippen LogP contribution is 2.60. The summed E-state index contributed by atoms with van der Waals surface area (Å²) in [6.45, 7) is 10.0. The highest BCUT2D eigenvalue weighted by Gasteiger charge is 2.69.